The third-order valence-corrected chi connectivity index (χ3v) is 8.80. The molecule has 0 radical (unpaired) electrons. The van der Waals surface area contributed by atoms with Crippen molar-refractivity contribution in [1.82, 2.24) is 15.2 Å². The Morgan fingerprint density at radius 2 is 1.58 bits per heavy atom. The van der Waals surface area contributed by atoms with Gasteiger partial charge >= 0.3 is 7.60 Å². The average Bonchev–Trinajstić information content (AvgIpc) is 2.95. The zero-order chi connectivity index (χ0) is 26.4. The van der Waals surface area contributed by atoms with E-state index in [0.29, 0.717) is 22.9 Å². The molecular weight excluding hydrogens is 501 g/mol. The van der Waals surface area contributed by atoms with Crippen molar-refractivity contribution < 1.29 is 13.6 Å². The third kappa shape index (κ3) is 6.48. The van der Waals surface area contributed by atoms with Gasteiger partial charge in [-0.2, -0.15) is 5.10 Å². The summed E-state index contributed by atoms with van der Waals surface area (Å²) in [6.45, 7) is 2.08. The fourth-order valence-corrected chi connectivity index (χ4v) is 6.46. The zero-order valence-corrected chi connectivity index (χ0v) is 22.1. The lowest BCUT2D eigenvalue weighted by Gasteiger charge is -2.33. The van der Waals surface area contributed by atoms with Crippen molar-refractivity contribution in [1.29, 1.82) is 0 Å². The molecule has 1 fully saturated rings. The summed E-state index contributed by atoms with van der Waals surface area (Å²) in [7, 11) is -3.31. The van der Waals surface area contributed by atoms with Gasteiger partial charge in [0.25, 0.3) is 5.56 Å². The molecule has 4 aromatic rings. The van der Waals surface area contributed by atoms with Crippen LogP contribution >= 0.6 is 7.60 Å². The highest BCUT2D eigenvalue weighted by Gasteiger charge is 2.29. The van der Waals surface area contributed by atoms with Crippen LogP contribution < -0.4 is 16.2 Å². The van der Waals surface area contributed by atoms with E-state index in [1.54, 1.807) is 6.20 Å². The van der Waals surface area contributed by atoms with Crippen LogP contribution in [0.5, 0.6) is 0 Å². The van der Waals surface area contributed by atoms with Gasteiger partial charge in [0, 0.05) is 18.5 Å². The van der Waals surface area contributed by atoms with Crippen LogP contribution in [0.3, 0.4) is 0 Å². The number of hydrogen-bond acceptors (Lipinski definition) is 8. The minimum atomic E-state index is -3.31. The molecule has 3 heterocycles. The van der Waals surface area contributed by atoms with Crippen molar-refractivity contribution >= 4 is 30.0 Å². The summed E-state index contributed by atoms with van der Waals surface area (Å²) in [5.74, 6) is 1.33. The standard InChI is InChI=1S/C28H32N5O4P/c29-27-26-24(18-30-32-28(26)34)17-25(31-27)33-14-11-21(12-15-33)13-16-38(35,36-19-22-7-3-1-4-8-22)37-20-23-9-5-2-6-10-23/h1-10,17-18,21H,11-16,19-20H2,(H2,29,31)(H,32,34). The smallest absolute Gasteiger partial charge is 0.331 e. The molecule has 1 aliphatic heterocycles. The van der Waals surface area contributed by atoms with E-state index in [9.17, 15) is 9.36 Å². The van der Waals surface area contributed by atoms with Gasteiger partial charge in [-0.05, 0) is 42.4 Å². The fourth-order valence-electron chi connectivity index (χ4n) is 4.75. The number of fused-ring (bicyclic) bond motifs is 1. The summed E-state index contributed by atoms with van der Waals surface area (Å²) in [4.78, 5) is 18.7. The Bertz CT molecular complexity index is 1410. The molecule has 1 aliphatic rings. The van der Waals surface area contributed by atoms with Crippen molar-refractivity contribution in [2.24, 2.45) is 5.92 Å². The summed E-state index contributed by atoms with van der Waals surface area (Å²) >= 11 is 0. The summed E-state index contributed by atoms with van der Waals surface area (Å²) in [5, 5.41) is 7.31. The molecule has 0 saturated carbocycles. The van der Waals surface area contributed by atoms with Gasteiger partial charge in [0.2, 0.25) is 0 Å². The molecule has 1 saturated heterocycles. The summed E-state index contributed by atoms with van der Waals surface area (Å²) in [6, 6.07) is 21.3. The molecule has 9 nitrogen and oxygen atoms in total. The van der Waals surface area contributed by atoms with E-state index < -0.39 is 7.60 Å². The number of benzene rings is 2. The number of piperidine rings is 1. The molecule has 2 aromatic heterocycles. The maximum Gasteiger partial charge on any atom is 0.331 e. The fraction of sp³-hybridized carbons (Fsp3) is 0.321. The van der Waals surface area contributed by atoms with Crippen LogP contribution in [0.4, 0.5) is 11.6 Å². The van der Waals surface area contributed by atoms with Gasteiger partial charge < -0.3 is 19.7 Å². The van der Waals surface area contributed by atoms with E-state index in [1.165, 1.54) is 0 Å². The first-order chi connectivity index (χ1) is 18.5. The van der Waals surface area contributed by atoms with Gasteiger partial charge in [0.05, 0.1) is 31.0 Å². The third-order valence-electron chi connectivity index (χ3n) is 6.95. The molecule has 198 valence electrons. The van der Waals surface area contributed by atoms with E-state index >= 15 is 0 Å². The monoisotopic (exact) mass is 533 g/mol. The van der Waals surface area contributed by atoms with E-state index in [2.05, 4.69) is 20.1 Å². The first-order valence-electron chi connectivity index (χ1n) is 12.8. The summed E-state index contributed by atoms with van der Waals surface area (Å²) < 4.78 is 25.7. The molecule has 0 amide bonds. The molecule has 3 N–H and O–H groups in total. The molecule has 38 heavy (non-hydrogen) atoms. The lowest BCUT2D eigenvalue weighted by atomic mass is 9.94. The minimum absolute atomic E-state index is 0.204. The lowest BCUT2D eigenvalue weighted by Crippen LogP contribution is -2.34. The first kappa shape index (κ1) is 26.1. The van der Waals surface area contributed by atoms with Crippen LogP contribution in [0.2, 0.25) is 0 Å². The number of nitrogens with one attached hydrogen (secondary N) is 1. The Labute approximate surface area is 221 Å². The maximum absolute atomic E-state index is 13.8. The largest absolute Gasteiger partial charge is 0.383 e. The molecule has 0 unspecified atom stereocenters. The predicted octanol–water partition coefficient (Wildman–Crippen LogP) is 5.13. The van der Waals surface area contributed by atoms with Gasteiger partial charge in [0.1, 0.15) is 11.6 Å². The molecule has 0 atom stereocenters. The Morgan fingerprint density at radius 3 is 2.18 bits per heavy atom. The van der Waals surface area contributed by atoms with Crippen molar-refractivity contribution in [3.8, 4) is 0 Å². The van der Waals surface area contributed by atoms with Crippen molar-refractivity contribution in [3.05, 3.63) is 94.4 Å². The van der Waals surface area contributed by atoms with E-state index in [4.69, 9.17) is 14.8 Å². The van der Waals surface area contributed by atoms with Crippen LogP contribution in [0.25, 0.3) is 10.8 Å². The minimum Gasteiger partial charge on any atom is -0.383 e. The highest BCUT2D eigenvalue weighted by Crippen LogP contribution is 2.51. The number of rotatable bonds is 10. The highest BCUT2D eigenvalue weighted by atomic mass is 31.2. The topological polar surface area (TPSA) is 123 Å². The number of pyridine rings is 1. The average molecular weight is 534 g/mol. The Morgan fingerprint density at radius 1 is 0.974 bits per heavy atom. The van der Waals surface area contributed by atoms with E-state index in [0.717, 1.165) is 49.3 Å². The van der Waals surface area contributed by atoms with Crippen molar-refractivity contribution in [3.63, 3.8) is 0 Å². The van der Waals surface area contributed by atoms with Crippen LogP contribution in [-0.4, -0.2) is 34.4 Å². The van der Waals surface area contributed by atoms with Gasteiger partial charge in [-0.3, -0.25) is 9.36 Å². The second-order valence-electron chi connectivity index (χ2n) is 9.60. The van der Waals surface area contributed by atoms with Gasteiger partial charge in [0.15, 0.2) is 0 Å². The second kappa shape index (κ2) is 11.9. The van der Waals surface area contributed by atoms with Gasteiger partial charge in [-0.25, -0.2) is 10.1 Å². The Kier molecular flexibility index (Phi) is 8.17. The van der Waals surface area contributed by atoms with Crippen molar-refractivity contribution in [2.45, 2.75) is 32.5 Å². The number of aromatic amines is 1. The van der Waals surface area contributed by atoms with Crippen LogP contribution in [0.1, 0.15) is 30.4 Å². The Balaban J connectivity index is 1.20. The van der Waals surface area contributed by atoms with Gasteiger partial charge in [-0.15, -0.1) is 0 Å². The molecule has 0 bridgehead atoms. The molecule has 2 aromatic carbocycles. The van der Waals surface area contributed by atoms with E-state index in [-0.39, 0.29) is 24.6 Å². The quantitative estimate of drug-likeness (QED) is 0.269. The first-order valence-corrected chi connectivity index (χ1v) is 14.6. The van der Waals surface area contributed by atoms with Crippen LogP contribution in [-0.2, 0) is 26.8 Å². The number of hydrogen-bond donors (Lipinski definition) is 2. The zero-order valence-electron chi connectivity index (χ0n) is 21.2. The number of aromatic nitrogens is 3. The van der Waals surface area contributed by atoms with Crippen LogP contribution in [0, 0.1) is 5.92 Å². The lowest BCUT2D eigenvalue weighted by molar-refractivity contribution is 0.188. The number of nitrogens with zero attached hydrogens (tertiary/aromatic N) is 3. The Hall–Kier alpha value is -3.52. The number of H-pyrrole nitrogens is 1. The highest BCUT2D eigenvalue weighted by molar-refractivity contribution is 7.53. The summed E-state index contributed by atoms with van der Waals surface area (Å²) in [6.07, 6.45) is 4.55. The number of nitrogen functional groups attached to an aromatic ring is 1. The predicted molar refractivity (Wildman–Crippen MR) is 149 cm³/mol. The summed E-state index contributed by atoms with van der Waals surface area (Å²) in [5.41, 5.74) is 7.67. The SMILES string of the molecule is Nc1nc(N2CCC(CCP(=O)(OCc3ccccc3)OCc3ccccc3)CC2)cc2cn[nH]c(=O)c12. The number of nitrogens with two attached hydrogens (primary N) is 1. The molecule has 0 spiro atoms. The van der Waals surface area contributed by atoms with Crippen LogP contribution in [0.15, 0.2) is 77.7 Å². The molecular formula is C28H32N5O4P. The van der Waals surface area contributed by atoms with Crippen molar-refractivity contribution in [2.75, 3.05) is 29.9 Å². The maximum atomic E-state index is 13.8. The second-order valence-corrected chi connectivity index (χ2v) is 11.8. The molecule has 5 rings (SSSR count). The van der Waals surface area contributed by atoms with Gasteiger partial charge in [-0.1, -0.05) is 60.7 Å². The number of anilines is 2. The molecule has 10 heteroatoms. The normalized spacial score (nSPS) is 14.7. The molecule has 0 aliphatic carbocycles. The van der Waals surface area contributed by atoms with E-state index in [1.807, 2.05) is 66.7 Å².